The molecule has 1 amide bonds. The van der Waals surface area contributed by atoms with Crippen LogP contribution >= 0.6 is 15.9 Å². The van der Waals surface area contributed by atoms with Crippen molar-refractivity contribution in [3.63, 3.8) is 0 Å². The van der Waals surface area contributed by atoms with E-state index in [0.717, 1.165) is 29.3 Å². The Hall–Kier alpha value is -1.03. The number of halogens is 1. The Morgan fingerprint density at radius 1 is 1.31 bits per heavy atom. The standard InChI is InChI=1S/C12H14BrNO2/c13-10-6-4-9(5-7-10)11-3-1-2-8-14(11)12(15)16/h4-7,11H,1-3,8H2,(H,15,16). The summed E-state index contributed by atoms with van der Waals surface area (Å²) in [6.07, 6.45) is 2.19. The minimum Gasteiger partial charge on any atom is -0.465 e. The minimum absolute atomic E-state index is 0.0272. The maximum absolute atomic E-state index is 11.1. The number of hydrogen-bond donors (Lipinski definition) is 1. The van der Waals surface area contributed by atoms with Crippen LogP contribution in [0.3, 0.4) is 0 Å². The lowest BCUT2D eigenvalue weighted by atomic mass is 9.96. The summed E-state index contributed by atoms with van der Waals surface area (Å²) in [5.74, 6) is 0. The van der Waals surface area contributed by atoms with Crippen molar-refractivity contribution in [2.45, 2.75) is 25.3 Å². The number of carboxylic acid groups (broad SMARTS) is 1. The summed E-state index contributed by atoms with van der Waals surface area (Å²) < 4.78 is 1.02. The lowest BCUT2D eigenvalue weighted by Gasteiger charge is -2.33. The molecular formula is C12H14BrNO2. The quantitative estimate of drug-likeness (QED) is 0.855. The second-order valence-electron chi connectivity index (χ2n) is 4.04. The molecule has 1 aliphatic rings. The highest BCUT2D eigenvalue weighted by Gasteiger charge is 2.27. The molecule has 1 fully saturated rings. The van der Waals surface area contributed by atoms with Crippen LogP contribution in [-0.2, 0) is 0 Å². The zero-order chi connectivity index (χ0) is 11.5. The van der Waals surface area contributed by atoms with E-state index in [1.165, 1.54) is 0 Å². The van der Waals surface area contributed by atoms with Crippen molar-refractivity contribution in [2.75, 3.05) is 6.54 Å². The van der Waals surface area contributed by atoms with E-state index in [1.807, 2.05) is 24.3 Å². The summed E-state index contributed by atoms with van der Waals surface area (Å²) in [5.41, 5.74) is 1.09. The molecule has 2 rings (SSSR count). The number of amides is 1. The van der Waals surface area contributed by atoms with Gasteiger partial charge in [-0.05, 0) is 37.0 Å². The van der Waals surface area contributed by atoms with Crippen molar-refractivity contribution in [3.05, 3.63) is 34.3 Å². The summed E-state index contributed by atoms with van der Waals surface area (Å²) in [7, 11) is 0. The number of hydrogen-bond acceptors (Lipinski definition) is 1. The summed E-state index contributed by atoms with van der Waals surface area (Å²) in [6, 6.07) is 7.94. The molecule has 0 saturated carbocycles. The number of benzene rings is 1. The van der Waals surface area contributed by atoms with E-state index >= 15 is 0 Å². The van der Waals surface area contributed by atoms with E-state index in [0.29, 0.717) is 6.54 Å². The van der Waals surface area contributed by atoms with Crippen molar-refractivity contribution in [1.29, 1.82) is 0 Å². The molecule has 0 bridgehead atoms. The molecule has 3 nitrogen and oxygen atoms in total. The van der Waals surface area contributed by atoms with Gasteiger partial charge in [-0.15, -0.1) is 0 Å². The lowest BCUT2D eigenvalue weighted by Crippen LogP contribution is -2.37. The molecule has 1 unspecified atom stereocenters. The maximum atomic E-state index is 11.1. The smallest absolute Gasteiger partial charge is 0.407 e. The normalized spacial score (nSPS) is 20.8. The zero-order valence-electron chi connectivity index (χ0n) is 8.90. The monoisotopic (exact) mass is 283 g/mol. The highest BCUT2D eigenvalue weighted by atomic mass is 79.9. The Bertz CT molecular complexity index is 377. The number of piperidine rings is 1. The zero-order valence-corrected chi connectivity index (χ0v) is 10.5. The highest BCUT2D eigenvalue weighted by Crippen LogP contribution is 2.31. The third kappa shape index (κ3) is 2.38. The van der Waals surface area contributed by atoms with E-state index in [9.17, 15) is 4.79 Å². The lowest BCUT2D eigenvalue weighted by molar-refractivity contribution is 0.106. The Labute approximate surface area is 103 Å². The maximum Gasteiger partial charge on any atom is 0.407 e. The Morgan fingerprint density at radius 3 is 2.62 bits per heavy atom. The van der Waals surface area contributed by atoms with Gasteiger partial charge in [0.05, 0.1) is 6.04 Å². The van der Waals surface area contributed by atoms with Gasteiger partial charge >= 0.3 is 6.09 Å². The van der Waals surface area contributed by atoms with Crippen LogP contribution in [-0.4, -0.2) is 22.6 Å². The molecule has 86 valence electrons. The summed E-state index contributed by atoms with van der Waals surface area (Å²) in [5, 5.41) is 9.14. The van der Waals surface area contributed by atoms with Crippen LogP contribution in [0.25, 0.3) is 0 Å². The number of nitrogens with zero attached hydrogens (tertiary/aromatic N) is 1. The first kappa shape index (κ1) is 11.5. The highest BCUT2D eigenvalue weighted by molar-refractivity contribution is 9.10. The van der Waals surface area contributed by atoms with Crippen molar-refractivity contribution >= 4 is 22.0 Å². The van der Waals surface area contributed by atoms with Crippen molar-refractivity contribution in [3.8, 4) is 0 Å². The van der Waals surface area contributed by atoms with E-state index in [2.05, 4.69) is 15.9 Å². The van der Waals surface area contributed by atoms with E-state index in [-0.39, 0.29) is 6.04 Å². The van der Waals surface area contributed by atoms with Crippen LogP contribution in [0.15, 0.2) is 28.7 Å². The van der Waals surface area contributed by atoms with Crippen LogP contribution in [0.1, 0.15) is 30.9 Å². The van der Waals surface area contributed by atoms with Gasteiger partial charge in [-0.2, -0.15) is 0 Å². The molecule has 1 aliphatic heterocycles. The molecule has 0 spiro atoms. The Kier molecular flexibility index (Phi) is 3.49. The van der Waals surface area contributed by atoms with E-state index in [1.54, 1.807) is 4.90 Å². The van der Waals surface area contributed by atoms with Crippen molar-refractivity contribution < 1.29 is 9.90 Å². The fraction of sp³-hybridized carbons (Fsp3) is 0.417. The van der Waals surface area contributed by atoms with E-state index < -0.39 is 6.09 Å². The molecule has 4 heteroatoms. The van der Waals surface area contributed by atoms with E-state index in [4.69, 9.17) is 5.11 Å². The first-order valence-electron chi connectivity index (χ1n) is 5.43. The minimum atomic E-state index is -0.812. The molecule has 1 aromatic carbocycles. The van der Waals surface area contributed by atoms with Crippen molar-refractivity contribution in [1.82, 2.24) is 4.90 Å². The van der Waals surface area contributed by atoms with Gasteiger partial charge < -0.3 is 10.0 Å². The molecule has 1 heterocycles. The third-order valence-corrected chi connectivity index (χ3v) is 3.53. The largest absolute Gasteiger partial charge is 0.465 e. The van der Waals surface area contributed by atoms with Gasteiger partial charge in [-0.1, -0.05) is 28.1 Å². The summed E-state index contributed by atoms with van der Waals surface area (Å²) >= 11 is 3.38. The van der Waals surface area contributed by atoms with Crippen LogP contribution in [0, 0.1) is 0 Å². The second-order valence-corrected chi connectivity index (χ2v) is 4.95. The molecule has 0 aromatic heterocycles. The van der Waals surface area contributed by atoms with Crippen LogP contribution < -0.4 is 0 Å². The summed E-state index contributed by atoms with van der Waals surface area (Å²) in [6.45, 7) is 0.649. The first-order valence-corrected chi connectivity index (χ1v) is 6.23. The van der Waals surface area contributed by atoms with Gasteiger partial charge in [-0.3, -0.25) is 0 Å². The predicted molar refractivity (Wildman–Crippen MR) is 65.5 cm³/mol. The molecular weight excluding hydrogens is 270 g/mol. The summed E-state index contributed by atoms with van der Waals surface area (Å²) in [4.78, 5) is 12.7. The van der Waals surface area contributed by atoms with Crippen molar-refractivity contribution in [2.24, 2.45) is 0 Å². The molecule has 1 N–H and O–H groups in total. The molecule has 1 aromatic rings. The van der Waals surface area contributed by atoms with Gasteiger partial charge in [0.15, 0.2) is 0 Å². The van der Waals surface area contributed by atoms with Gasteiger partial charge in [0.2, 0.25) is 0 Å². The predicted octanol–water partition coefficient (Wildman–Crippen LogP) is 3.65. The third-order valence-electron chi connectivity index (χ3n) is 3.00. The molecule has 1 saturated heterocycles. The average molecular weight is 284 g/mol. The Balaban J connectivity index is 2.23. The Morgan fingerprint density at radius 2 is 2.00 bits per heavy atom. The number of likely N-dealkylation sites (tertiary alicyclic amines) is 1. The molecule has 1 atom stereocenters. The van der Waals surface area contributed by atoms with Gasteiger partial charge in [0.25, 0.3) is 0 Å². The van der Waals surface area contributed by atoms with Gasteiger partial charge in [0.1, 0.15) is 0 Å². The number of rotatable bonds is 1. The fourth-order valence-electron chi connectivity index (χ4n) is 2.19. The fourth-order valence-corrected chi connectivity index (χ4v) is 2.46. The van der Waals surface area contributed by atoms with Gasteiger partial charge in [-0.25, -0.2) is 4.79 Å². The SMILES string of the molecule is O=C(O)N1CCCCC1c1ccc(Br)cc1. The van der Waals surface area contributed by atoms with Crippen LogP contribution in [0.4, 0.5) is 4.79 Å². The molecule has 16 heavy (non-hydrogen) atoms. The van der Waals surface area contributed by atoms with Crippen LogP contribution in [0.2, 0.25) is 0 Å². The topological polar surface area (TPSA) is 40.5 Å². The van der Waals surface area contributed by atoms with Gasteiger partial charge in [0, 0.05) is 11.0 Å². The average Bonchev–Trinajstić information content (AvgIpc) is 2.30. The first-order chi connectivity index (χ1) is 7.68. The molecule has 0 radical (unpaired) electrons. The molecule has 0 aliphatic carbocycles. The number of carbonyl (C=O) groups is 1. The second kappa shape index (κ2) is 4.87. The van der Waals surface area contributed by atoms with Crippen LogP contribution in [0.5, 0.6) is 0 Å².